The molecule has 0 spiro atoms. The number of aromatic nitrogens is 2. The number of unbranched alkanes of at least 4 members (excludes halogenated alkanes) is 5. The molecule has 1 aromatic heterocycles. The summed E-state index contributed by atoms with van der Waals surface area (Å²) in [5.74, 6) is 5.60. The number of nitrogens with two attached hydrogens (primary N) is 1. The van der Waals surface area contributed by atoms with Gasteiger partial charge in [-0.15, -0.1) is 0 Å². The van der Waals surface area contributed by atoms with E-state index in [1.807, 2.05) is 24.1 Å². The van der Waals surface area contributed by atoms with Crippen LogP contribution in [0.5, 0.6) is 0 Å². The van der Waals surface area contributed by atoms with E-state index < -0.39 is 0 Å². The molecule has 0 saturated carbocycles. The second-order valence-electron chi connectivity index (χ2n) is 4.71. The molecule has 4 nitrogen and oxygen atoms in total. The third kappa shape index (κ3) is 4.88. The van der Waals surface area contributed by atoms with E-state index in [0.29, 0.717) is 0 Å². The Morgan fingerprint density at radius 3 is 2.59 bits per heavy atom. The fourth-order valence-electron chi connectivity index (χ4n) is 2.15. The molecule has 1 atom stereocenters. The summed E-state index contributed by atoms with van der Waals surface area (Å²) in [5.41, 5.74) is 4.05. The van der Waals surface area contributed by atoms with Gasteiger partial charge < -0.3 is 4.57 Å². The fourth-order valence-corrected chi connectivity index (χ4v) is 2.15. The zero-order valence-electron chi connectivity index (χ0n) is 11.2. The van der Waals surface area contributed by atoms with Crippen LogP contribution in [0.1, 0.15) is 63.6 Å². The van der Waals surface area contributed by atoms with Crippen molar-refractivity contribution in [3.8, 4) is 0 Å². The summed E-state index contributed by atoms with van der Waals surface area (Å²) in [7, 11) is 2.01. The van der Waals surface area contributed by atoms with E-state index in [2.05, 4.69) is 17.3 Å². The Kier molecular flexibility index (Phi) is 6.89. The SMILES string of the molecule is CCCCCCCCC(NN)c1cncn1C. The molecule has 0 amide bonds. The van der Waals surface area contributed by atoms with Gasteiger partial charge in [0.15, 0.2) is 0 Å². The largest absolute Gasteiger partial charge is 0.336 e. The Balaban J connectivity index is 2.22. The quantitative estimate of drug-likeness (QED) is 0.395. The number of rotatable bonds is 9. The Hall–Kier alpha value is -0.870. The number of nitrogens with one attached hydrogen (secondary N) is 1. The van der Waals surface area contributed by atoms with E-state index in [-0.39, 0.29) is 6.04 Å². The van der Waals surface area contributed by atoms with E-state index in [1.54, 1.807) is 0 Å². The zero-order chi connectivity index (χ0) is 12.5. The van der Waals surface area contributed by atoms with Gasteiger partial charge in [0.2, 0.25) is 0 Å². The number of aryl methyl sites for hydroxylation is 1. The summed E-state index contributed by atoms with van der Waals surface area (Å²) in [6.07, 6.45) is 12.7. The molecule has 17 heavy (non-hydrogen) atoms. The smallest absolute Gasteiger partial charge is 0.0946 e. The second kappa shape index (κ2) is 8.25. The van der Waals surface area contributed by atoms with Gasteiger partial charge in [-0.1, -0.05) is 45.4 Å². The third-order valence-corrected chi connectivity index (χ3v) is 3.26. The fraction of sp³-hybridized carbons (Fsp3) is 0.769. The monoisotopic (exact) mass is 238 g/mol. The van der Waals surface area contributed by atoms with Gasteiger partial charge in [-0.05, 0) is 6.42 Å². The highest BCUT2D eigenvalue weighted by Crippen LogP contribution is 2.18. The van der Waals surface area contributed by atoms with E-state index in [1.165, 1.54) is 44.2 Å². The minimum Gasteiger partial charge on any atom is -0.336 e. The first kappa shape index (κ1) is 14.2. The number of hydrogen-bond donors (Lipinski definition) is 2. The molecule has 0 bridgehead atoms. The molecule has 0 fully saturated rings. The third-order valence-electron chi connectivity index (χ3n) is 3.26. The average Bonchev–Trinajstić information content (AvgIpc) is 2.75. The predicted octanol–water partition coefficient (Wildman–Crippen LogP) is 2.68. The molecule has 1 heterocycles. The lowest BCUT2D eigenvalue weighted by molar-refractivity contribution is 0.459. The van der Waals surface area contributed by atoms with Crippen LogP contribution < -0.4 is 11.3 Å². The van der Waals surface area contributed by atoms with Crippen molar-refractivity contribution in [1.82, 2.24) is 15.0 Å². The van der Waals surface area contributed by atoms with Crippen molar-refractivity contribution in [3.63, 3.8) is 0 Å². The lowest BCUT2D eigenvalue weighted by Gasteiger charge is -2.16. The maximum Gasteiger partial charge on any atom is 0.0946 e. The summed E-state index contributed by atoms with van der Waals surface area (Å²) in [6, 6.07) is 0.230. The molecule has 0 aromatic carbocycles. The van der Waals surface area contributed by atoms with Crippen molar-refractivity contribution in [1.29, 1.82) is 0 Å². The first-order valence-corrected chi connectivity index (χ1v) is 6.72. The van der Waals surface area contributed by atoms with Crippen molar-refractivity contribution in [3.05, 3.63) is 18.2 Å². The molecule has 3 N–H and O–H groups in total. The zero-order valence-corrected chi connectivity index (χ0v) is 11.2. The molecule has 1 unspecified atom stereocenters. The minimum absolute atomic E-state index is 0.230. The summed E-state index contributed by atoms with van der Waals surface area (Å²) in [4.78, 5) is 4.13. The molecule has 0 radical (unpaired) electrons. The Morgan fingerprint density at radius 2 is 2.00 bits per heavy atom. The van der Waals surface area contributed by atoms with Gasteiger partial charge in [0, 0.05) is 13.2 Å². The van der Waals surface area contributed by atoms with Crippen LogP contribution in [0, 0.1) is 0 Å². The molecule has 0 aliphatic carbocycles. The van der Waals surface area contributed by atoms with Crippen LogP contribution >= 0.6 is 0 Å². The maximum atomic E-state index is 5.60. The lowest BCUT2D eigenvalue weighted by Crippen LogP contribution is -2.29. The molecule has 4 heteroatoms. The summed E-state index contributed by atoms with van der Waals surface area (Å²) >= 11 is 0. The van der Waals surface area contributed by atoms with Crippen LogP contribution in [0.25, 0.3) is 0 Å². The molecule has 1 aromatic rings. The Bertz CT molecular complexity index is 295. The van der Waals surface area contributed by atoms with Gasteiger partial charge in [-0.2, -0.15) is 0 Å². The number of imidazole rings is 1. The maximum absolute atomic E-state index is 5.60. The standard InChI is InChI=1S/C13H26N4/c1-3-4-5-6-7-8-9-12(16-14)13-10-15-11-17(13)2/h10-12,16H,3-9,14H2,1-2H3. The van der Waals surface area contributed by atoms with E-state index in [0.717, 1.165) is 6.42 Å². The minimum atomic E-state index is 0.230. The predicted molar refractivity (Wildman–Crippen MR) is 71.3 cm³/mol. The summed E-state index contributed by atoms with van der Waals surface area (Å²) in [5, 5.41) is 0. The Labute approximate surface area is 105 Å². The van der Waals surface area contributed by atoms with Crippen LogP contribution in [-0.4, -0.2) is 9.55 Å². The van der Waals surface area contributed by atoms with Crippen molar-refractivity contribution in [2.24, 2.45) is 12.9 Å². The highest BCUT2D eigenvalue weighted by atomic mass is 15.2. The number of hydrazine groups is 1. The Morgan fingerprint density at radius 1 is 1.29 bits per heavy atom. The highest BCUT2D eigenvalue weighted by molar-refractivity contribution is 5.04. The van der Waals surface area contributed by atoms with Gasteiger partial charge >= 0.3 is 0 Å². The van der Waals surface area contributed by atoms with Crippen LogP contribution in [-0.2, 0) is 7.05 Å². The summed E-state index contributed by atoms with van der Waals surface area (Å²) < 4.78 is 2.03. The van der Waals surface area contributed by atoms with Crippen LogP contribution in [0.15, 0.2) is 12.5 Å². The van der Waals surface area contributed by atoms with E-state index in [9.17, 15) is 0 Å². The average molecular weight is 238 g/mol. The second-order valence-corrected chi connectivity index (χ2v) is 4.71. The van der Waals surface area contributed by atoms with Crippen LogP contribution in [0.4, 0.5) is 0 Å². The van der Waals surface area contributed by atoms with Crippen molar-refractivity contribution in [2.45, 2.75) is 57.9 Å². The van der Waals surface area contributed by atoms with Gasteiger partial charge in [-0.25, -0.2) is 4.98 Å². The topological polar surface area (TPSA) is 55.9 Å². The molecule has 0 saturated heterocycles. The molecule has 0 aliphatic rings. The van der Waals surface area contributed by atoms with E-state index in [4.69, 9.17) is 5.84 Å². The van der Waals surface area contributed by atoms with Crippen LogP contribution in [0.2, 0.25) is 0 Å². The molecule has 1 rings (SSSR count). The van der Waals surface area contributed by atoms with Crippen molar-refractivity contribution in [2.75, 3.05) is 0 Å². The lowest BCUT2D eigenvalue weighted by atomic mass is 10.0. The van der Waals surface area contributed by atoms with Gasteiger partial charge in [0.1, 0.15) is 0 Å². The normalized spacial score (nSPS) is 12.9. The molecular formula is C13H26N4. The van der Waals surface area contributed by atoms with Crippen LogP contribution in [0.3, 0.4) is 0 Å². The number of hydrogen-bond acceptors (Lipinski definition) is 3. The van der Waals surface area contributed by atoms with Crippen molar-refractivity contribution < 1.29 is 0 Å². The summed E-state index contributed by atoms with van der Waals surface area (Å²) in [6.45, 7) is 2.25. The first-order valence-electron chi connectivity index (χ1n) is 6.72. The van der Waals surface area contributed by atoms with E-state index >= 15 is 0 Å². The van der Waals surface area contributed by atoms with Gasteiger partial charge in [0.25, 0.3) is 0 Å². The molecular weight excluding hydrogens is 212 g/mol. The number of nitrogens with zero attached hydrogens (tertiary/aromatic N) is 2. The highest BCUT2D eigenvalue weighted by Gasteiger charge is 2.12. The molecule has 0 aliphatic heterocycles. The first-order chi connectivity index (χ1) is 8.29. The van der Waals surface area contributed by atoms with Crippen molar-refractivity contribution >= 4 is 0 Å². The van der Waals surface area contributed by atoms with Gasteiger partial charge in [-0.3, -0.25) is 11.3 Å². The molecule has 98 valence electrons. The van der Waals surface area contributed by atoms with Gasteiger partial charge in [0.05, 0.1) is 18.1 Å².